The monoisotopic (exact) mass is 554 g/mol. The second-order valence-corrected chi connectivity index (χ2v) is 12.2. The number of hydrogen-bond donors (Lipinski definition) is 4. The maximum Gasteiger partial charge on any atom is 0.320 e. The summed E-state index contributed by atoms with van der Waals surface area (Å²) >= 11 is 3.37. The molecular weight excluding hydrogens is 516 g/mol. The van der Waals surface area contributed by atoms with Crippen LogP contribution in [-0.4, -0.2) is 47.6 Å². The van der Waals surface area contributed by atoms with Crippen molar-refractivity contribution in [3.63, 3.8) is 0 Å². The van der Waals surface area contributed by atoms with Crippen LogP contribution >= 0.6 is 22.7 Å². The largest absolute Gasteiger partial charge is 0.352 e. The summed E-state index contributed by atoms with van der Waals surface area (Å²) in [5.74, 6) is -0.0981. The second-order valence-electron chi connectivity index (χ2n) is 9.97. The van der Waals surface area contributed by atoms with Gasteiger partial charge in [-0.3, -0.25) is 15.0 Å². The molecule has 10 heteroatoms. The van der Waals surface area contributed by atoms with Gasteiger partial charge in [0.05, 0.1) is 5.56 Å². The van der Waals surface area contributed by atoms with Gasteiger partial charge in [-0.15, -0.1) is 22.7 Å². The van der Waals surface area contributed by atoms with E-state index in [0.717, 1.165) is 70.1 Å². The van der Waals surface area contributed by atoms with Crippen molar-refractivity contribution < 1.29 is 9.59 Å². The average Bonchev–Trinajstić information content (AvgIpc) is 3.66. The predicted molar refractivity (Wildman–Crippen MR) is 156 cm³/mol. The third kappa shape index (κ3) is 5.83. The lowest BCUT2D eigenvalue weighted by atomic mass is 9.95. The van der Waals surface area contributed by atoms with Crippen LogP contribution in [0.2, 0.25) is 0 Å². The number of rotatable bonds is 10. The van der Waals surface area contributed by atoms with Gasteiger partial charge in [0.1, 0.15) is 10.0 Å². The van der Waals surface area contributed by atoms with Gasteiger partial charge >= 0.3 is 6.03 Å². The summed E-state index contributed by atoms with van der Waals surface area (Å²) in [6.45, 7) is 6.90. The molecule has 3 amide bonds. The number of nitrogens with two attached hydrogens (primary N) is 1. The Morgan fingerprint density at radius 1 is 1.00 bits per heavy atom. The zero-order valence-corrected chi connectivity index (χ0v) is 23.7. The molecule has 1 aliphatic heterocycles. The Kier molecular flexibility index (Phi) is 8.83. The molecule has 38 heavy (non-hydrogen) atoms. The molecule has 204 valence electrons. The average molecular weight is 555 g/mol. The number of nitrogens with one attached hydrogen (secondary N) is 3. The highest BCUT2D eigenvalue weighted by atomic mass is 32.1. The number of unbranched alkanes of at least 4 members (excludes halogenated alkanes) is 1. The smallest absolute Gasteiger partial charge is 0.320 e. The van der Waals surface area contributed by atoms with Gasteiger partial charge in [0.25, 0.3) is 5.91 Å². The van der Waals surface area contributed by atoms with E-state index in [-0.39, 0.29) is 11.9 Å². The quantitative estimate of drug-likeness (QED) is 0.274. The topological polar surface area (TPSA) is 104 Å². The number of hydrogen-bond acceptors (Lipinski definition) is 6. The Morgan fingerprint density at radius 2 is 1.82 bits per heavy atom. The number of likely N-dealkylation sites (N-methyl/N-ethyl adjacent to an activating group) is 1. The molecule has 0 saturated carbocycles. The molecule has 0 spiro atoms. The van der Waals surface area contributed by atoms with Gasteiger partial charge in [0.2, 0.25) is 0 Å². The van der Waals surface area contributed by atoms with E-state index in [1.807, 2.05) is 23.5 Å². The highest BCUT2D eigenvalue weighted by molar-refractivity contribution is 7.17. The molecule has 5 rings (SSSR count). The maximum absolute atomic E-state index is 13.2. The van der Waals surface area contributed by atoms with Crippen LogP contribution in [-0.2, 0) is 32.4 Å². The lowest BCUT2D eigenvalue weighted by molar-refractivity contribution is 0.0953. The molecule has 3 aromatic heterocycles. The van der Waals surface area contributed by atoms with Crippen molar-refractivity contribution in [3.05, 3.63) is 56.5 Å². The molecule has 0 bridgehead atoms. The summed E-state index contributed by atoms with van der Waals surface area (Å²) < 4.78 is 2.15. The van der Waals surface area contributed by atoms with Gasteiger partial charge in [0, 0.05) is 53.9 Å². The van der Waals surface area contributed by atoms with Crippen LogP contribution in [0.25, 0.3) is 5.00 Å². The van der Waals surface area contributed by atoms with Gasteiger partial charge in [-0.25, -0.2) is 4.79 Å². The van der Waals surface area contributed by atoms with Crippen molar-refractivity contribution in [1.82, 2.24) is 20.1 Å². The van der Waals surface area contributed by atoms with Gasteiger partial charge in [-0.1, -0.05) is 6.92 Å². The number of aryl methyl sites for hydroxylation is 1. The number of amides is 3. The van der Waals surface area contributed by atoms with E-state index in [0.29, 0.717) is 30.2 Å². The minimum atomic E-state index is -0.273. The maximum atomic E-state index is 13.2. The number of carbonyl (C=O) groups is 2. The Labute approximate surface area is 232 Å². The highest BCUT2D eigenvalue weighted by Gasteiger charge is 2.27. The third-order valence-electron chi connectivity index (χ3n) is 7.48. The standard InChI is InChI=1S/C28H38N6O2S2/c1-2-33-16-11-19-21(27(38-23(19)18-33)34-14-7-8-15-34)17-31-28(36)32-26-24(25(35)30-13-6-5-12-29)20-9-3-4-10-22(20)37-26/h7-8,14-15H,2-6,9-13,16-18,29H2,1H3,(H,30,35)(H2,31,32,36). The van der Waals surface area contributed by atoms with Crippen molar-refractivity contribution in [2.75, 3.05) is 31.5 Å². The van der Waals surface area contributed by atoms with Crippen molar-refractivity contribution in [2.45, 2.75) is 65.0 Å². The van der Waals surface area contributed by atoms with E-state index in [9.17, 15) is 9.59 Å². The SMILES string of the molecule is CCN1CCc2c(sc(-n3cccc3)c2CNC(=O)Nc2sc3c(c2C(=O)NCCCCN)CCCC3)C1. The number of carbonyl (C=O) groups excluding carboxylic acids is 2. The predicted octanol–water partition coefficient (Wildman–Crippen LogP) is 4.65. The molecule has 0 radical (unpaired) electrons. The van der Waals surface area contributed by atoms with E-state index in [1.54, 1.807) is 11.3 Å². The molecule has 0 aromatic carbocycles. The summed E-state index contributed by atoms with van der Waals surface area (Å²) in [5, 5.41) is 11.0. The van der Waals surface area contributed by atoms with E-state index in [1.165, 1.54) is 25.9 Å². The fourth-order valence-electron chi connectivity index (χ4n) is 5.41. The molecule has 0 saturated heterocycles. The van der Waals surface area contributed by atoms with Crippen LogP contribution in [0.5, 0.6) is 0 Å². The van der Waals surface area contributed by atoms with Crippen LogP contribution in [0.4, 0.5) is 9.80 Å². The van der Waals surface area contributed by atoms with Crippen LogP contribution in [0.15, 0.2) is 24.5 Å². The zero-order valence-electron chi connectivity index (χ0n) is 22.1. The van der Waals surface area contributed by atoms with Crippen molar-refractivity contribution in [3.8, 4) is 5.00 Å². The zero-order chi connectivity index (χ0) is 26.5. The van der Waals surface area contributed by atoms with Gasteiger partial charge in [-0.2, -0.15) is 0 Å². The Balaban J connectivity index is 1.32. The van der Waals surface area contributed by atoms with Crippen molar-refractivity contribution in [1.29, 1.82) is 0 Å². The van der Waals surface area contributed by atoms with E-state index < -0.39 is 0 Å². The molecule has 0 atom stereocenters. The first-order valence-electron chi connectivity index (χ1n) is 13.8. The van der Waals surface area contributed by atoms with E-state index in [2.05, 4.69) is 44.7 Å². The van der Waals surface area contributed by atoms with E-state index in [4.69, 9.17) is 5.73 Å². The second kappa shape index (κ2) is 12.5. The summed E-state index contributed by atoms with van der Waals surface area (Å²) in [5.41, 5.74) is 9.90. The van der Waals surface area contributed by atoms with Crippen molar-refractivity contribution in [2.24, 2.45) is 5.73 Å². The summed E-state index contributed by atoms with van der Waals surface area (Å²) in [4.78, 5) is 31.4. The molecule has 8 nitrogen and oxygen atoms in total. The normalized spacial score (nSPS) is 15.1. The Morgan fingerprint density at radius 3 is 2.61 bits per heavy atom. The molecular formula is C28H38N6O2S2. The van der Waals surface area contributed by atoms with Gasteiger partial charge in [0.15, 0.2) is 0 Å². The first kappa shape index (κ1) is 26.9. The molecule has 2 aliphatic rings. The van der Waals surface area contributed by atoms with Crippen molar-refractivity contribution >= 4 is 39.6 Å². The molecule has 3 aromatic rings. The Bertz CT molecular complexity index is 1260. The van der Waals surface area contributed by atoms with Gasteiger partial charge in [-0.05, 0) is 81.3 Å². The number of fused-ring (bicyclic) bond motifs is 2. The molecule has 0 unspecified atom stereocenters. The van der Waals surface area contributed by atoms with Crippen LogP contribution in [0, 0.1) is 0 Å². The Hall–Kier alpha value is -2.66. The fraction of sp³-hybridized carbons (Fsp3) is 0.500. The molecule has 4 heterocycles. The fourth-order valence-corrected chi connectivity index (χ4v) is 8.06. The number of aromatic nitrogens is 1. The van der Waals surface area contributed by atoms with Crippen LogP contribution in [0.1, 0.15) is 69.4 Å². The number of nitrogens with zero attached hydrogens (tertiary/aromatic N) is 2. The minimum Gasteiger partial charge on any atom is -0.352 e. The third-order valence-corrected chi connectivity index (χ3v) is 9.96. The summed E-state index contributed by atoms with van der Waals surface area (Å²) in [6.07, 6.45) is 10.9. The molecule has 0 fully saturated rings. The molecule has 5 N–H and O–H groups in total. The number of urea groups is 1. The van der Waals surface area contributed by atoms with Gasteiger partial charge < -0.3 is 20.9 Å². The minimum absolute atomic E-state index is 0.0981. The number of thiophene rings is 2. The number of anilines is 1. The summed E-state index contributed by atoms with van der Waals surface area (Å²) in [7, 11) is 0. The first-order valence-corrected chi connectivity index (χ1v) is 15.4. The summed E-state index contributed by atoms with van der Waals surface area (Å²) in [6, 6.07) is 3.79. The lowest BCUT2D eigenvalue weighted by Crippen LogP contribution is -2.32. The van der Waals surface area contributed by atoms with Crippen LogP contribution in [0.3, 0.4) is 0 Å². The highest BCUT2D eigenvalue weighted by Crippen LogP contribution is 2.39. The molecule has 1 aliphatic carbocycles. The lowest BCUT2D eigenvalue weighted by Gasteiger charge is -2.25. The first-order chi connectivity index (χ1) is 18.6. The van der Waals surface area contributed by atoms with Crippen LogP contribution < -0.4 is 21.7 Å². The van der Waals surface area contributed by atoms with E-state index >= 15 is 0 Å².